The SMILES string of the molecule is CC(Oc1ccccc1)C(=O)N1CCN(S(=O)(=O)c2ccc(Cl)c(Cl)c2)C1C(=O)NCCN. The van der Waals surface area contributed by atoms with Gasteiger partial charge in [0, 0.05) is 26.2 Å². The van der Waals surface area contributed by atoms with E-state index in [-0.39, 0.29) is 41.1 Å². The predicted molar refractivity (Wildman–Crippen MR) is 124 cm³/mol. The van der Waals surface area contributed by atoms with Gasteiger partial charge in [0.25, 0.3) is 11.8 Å². The van der Waals surface area contributed by atoms with Gasteiger partial charge in [0.2, 0.25) is 10.0 Å². The Morgan fingerprint density at radius 3 is 2.48 bits per heavy atom. The molecular weight excluding hydrogens is 491 g/mol. The lowest BCUT2D eigenvalue weighted by molar-refractivity contribution is -0.145. The third-order valence-corrected chi connectivity index (χ3v) is 7.58. The van der Waals surface area contributed by atoms with Crippen molar-refractivity contribution in [3.8, 4) is 5.75 Å². The van der Waals surface area contributed by atoms with Crippen LogP contribution in [0.3, 0.4) is 0 Å². The molecule has 1 fully saturated rings. The molecule has 2 atom stereocenters. The van der Waals surface area contributed by atoms with Crippen molar-refractivity contribution in [2.45, 2.75) is 24.1 Å². The maximum Gasteiger partial charge on any atom is 0.265 e. The van der Waals surface area contributed by atoms with Crippen LogP contribution < -0.4 is 15.8 Å². The molecule has 178 valence electrons. The molecule has 2 aromatic carbocycles. The smallest absolute Gasteiger partial charge is 0.265 e. The average molecular weight is 515 g/mol. The first-order valence-electron chi connectivity index (χ1n) is 10.1. The van der Waals surface area contributed by atoms with E-state index in [0.717, 1.165) is 4.31 Å². The van der Waals surface area contributed by atoms with E-state index < -0.39 is 34.1 Å². The molecule has 9 nitrogen and oxygen atoms in total. The van der Waals surface area contributed by atoms with E-state index in [0.29, 0.717) is 5.75 Å². The molecule has 3 rings (SSSR count). The second-order valence-corrected chi connectivity index (χ2v) is 9.95. The topological polar surface area (TPSA) is 122 Å². The molecule has 0 radical (unpaired) electrons. The molecule has 2 aromatic rings. The number of halogens is 2. The molecule has 0 bridgehead atoms. The normalized spacial score (nSPS) is 17.6. The second-order valence-electron chi connectivity index (χ2n) is 7.25. The summed E-state index contributed by atoms with van der Waals surface area (Å²) in [6.07, 6.45) is -2.37. The Balaban J connectivity index is 1.90. The number of nitrogens with one attached hydrogen (secondary N) is 1. The molecule has 2 amide bonds. The molecule has 12 heteroatoms. The molecule has 0 spiro atoms. The third-order valence-electron chi connectivity index (χ3n) is 4.99. The highest BCUT2D eigenvalue weighted by Gasteiger charge is 2.47. The lowest BCUT2D eigenvalue weighted by atomic mass is 10.3. The number of carbonyl (C=O) groups is 2. The molecule has 3 N–H and O–H groups in total. The number of ether oxygens (including phenoxy) is 1. The number of hydrogen-bond donors (Lipinski definition) is 2. The number of hydrogen-bond acceptors (Lipinski definition) is 6. The van der Waals surface area contributed by atoms with E-state index in [9.17, 15) is 18.0 Å². The van der Waals surface area contributed by atoms with Gasteiger partial charge in [0.05, 0.1) is 14.9 Å². The molecule has 33 heavy (non-hydrogen) atoms. The van der Waals surface area contributed by atoms with Crippen LogP contribution in [0.5, 0.6) is 5.75 Å². The van der Waals surface area contributed by atoms with Crippen molar-refractivity contribution in [2.24, 2.45) is 5.73 Å². The Kier molecular flexibility index (Phi) is 8.19. The Bertz CT molecular complexity index is 1120. The number of para-hydroxylation sites is 1. The van der Waals surface area contributed by atoms with Gasteiger partial charge in [-0.25, -0.2) is 8.42 Å². The van der Waals surface area contributed by atoms with Crippen molar-refractivity contribution in [2.75, 3.05) is 26.2 Å². The summed E-state index contributed by atoms with van der Waals surface area (Å²) in [6.45, 7) is 1.73. The number of nitrogens with two attached hydrogens (primary N) is 1. The van der Waals surface area contributed by atoms with E-state index in [1.165, 1.54) is 23.1 Å². The average Bonchev–Trinajstić information content (AvgIpc) is 3.25. The lowest BCUT2D eigenvalue weighted by Crippen LogP contribution is -2.56. The van der Waals surface area contributed by atoms with E-state index in [4.69, 9.17) is 33.7 Å². The van der Waals surface area contributed by atoms with Gasteiger partial charge in [-0.15, -0.1) is 0 Å². The lowest BCUT2D eigenvalue weighted by Gasteiger charge is -2.30. The van der Waals surface area contributed by atoms with Crippen LogP contribution >= 0.6 is 23.2 Å². The van der Waals surface area contributed by atoms with Gasteiger partial charge in [-0.1, -0.05) is 41.4 Å². The molecular formula is C21H24Cl2N4O5S. The summed E-state index contributed by atoms with van der Waals surface area (Å²) < 4.78 is 33.4. The number of rotatable bonds is 8. The zero-order valence-corrected chi connectivity index (χ0v) is 20.1. The molecule has 0 aromatic heterocycles. The summed E-state index contributed by atoms with van der Waals surface area (Å²) in [6, 6.07) is 12.6. The van der Waals surface area contributed by atoms with Crippen molar-refractivity contribution in [3.63, 3.8) is 0 Å². The van der Waals surface area contributed by atoms with Gasteiger partial charge in [0.15, 0.2) is 12.3 Å². The van der Waals surface area contributed by atoms with Gasteiger partial charge in [-0.2, -0.15) is 4.31 Å². The molecule has 1 aliphatic rings. The van der Waals surface area contributed by atoms with Crippen LogP contribution in [0.1, 0.15) is 6.92 Å². The highest BCUT2D eigenvalue weighted by Crippen LogP contribution is 2.30. The number of sulfonamides is 1. The fourth-order valence-electron chi connectivity index (χ4n) is 3.41. The first kappa shape index (κ1) is 25.3. The number of amides is 2. The van der Waals surface area contributed by atoms with E-state index >= 15 is 0 Å². The van der Waals surface area contributed by atoms with Gasteiger partial charge >= 0.3 is 0 Å². The van der Waals surface area contributed by atoms with Crippen molar-refractivity contribution >= 4 is 45.0 Å². The van der Waals surface area contributed by atoms with Crippen LogP contribution in [-0.2, 0) is 19.6 Å². The minimum atomic E-state index is -4.18. The van der Waals surface area contributed by atoms with Crippen molar-refractivity contribution in [3.05, 3.63) is 58.6 Å². The monoisotopic (exact) mass is 514 g/mol. The highest BCUT2D eigenvalue weighted by atomic mass is 35.5. The Labute approximate surface area is 202 Å². The molecule has 1 saturated heterocycles. The number of benzene rings is 2. The van der Waals surface area contributed by atoms with Gasteiger partial charge in [-0.3, -0.25) is 9.59 Å². The quantitative estimate of drug-likeness (QED) is 0.552. The highest BCUT2D eigenvalue weighted by molar-refractivity contribution is 7.89. The fraction of sp³-hybridized carbons (Fsp3) is 0.333. The van der Waals surface area contributed by atoms with Crippen molar-refractivity contribution in [1.29, 1.82) is 0 Å². The van der Waals surface area contributed by atoms with E-state index in [1.54, 1.807) is 31.2 Å². The predicted octanol–water partition coefficient (Wildman–Crippen LogP) is 1.69. The van der Waals surface area contributed by atoms with Crippen LogP contribution in [0.4, 0.5) is 0 Å². The maximum atomic E-state index is 13.4. The summed E-state index contributed by atoms with van der Waals surface area (Å²) >= 11 is 11.9. The molecule has 0 saturated carbocycles. The maximum absolute atomic E-state index is 13.4. The third kappa shape index (κ3) is 5.59. The standard InChI is InChI=1S/C21H24Cl2N4O5S/c1-14(32-15-5-3-2-4-6-15)21(29)26-11-12-27(20(26)19(28)25-10-9-24)33(30,31)16-7-8-17(22)18(23)13-16/h2-8,13-14,20H,9-12,24H2,1H3,(H,25,28). The van der Waals surface area contributed by atoms with E-state index in [1.807, 2.05) is 6.07 Å². The first-order valence-corrected chi connectivity index (χ1v) is 12.3. The first-order chi connectivity index (χ1) is 15.7. The minimum absolute atomic E-state index is 0.00257. The molecule has 0 aliphatic carbocycles. The Morgan fingerprint density at radius 2 is 1.85 bits per heavy atom. The summed E-state index contributed by atoms with van der Waals surface area (Å²) in [5.41, 5.74) is 5.47. The zero-order valence-electron chi connectivity index (χ0n) is 17.8. The van der Waals surface area contributed by atoms with Gasteiger partial charge in [-0.05, 0) is 37.3 Å². The summed E-state index contributed by atoms with van der Waals surface area (Å²) in [4.78, 5) is 27.2. The van der Waals surface area contributed by atoms with Crippen molar-refractivity contribution < 1.29 is 22.7 Å². The summed E-state index contributed by atoms with van der Waals surface area (Å²) in [5, 5.41) is 2.82. The van der Waals surface area contributed by atoms with Crippen LogP contribution in [0.2, 0.25) is 10.0 Å². The second kappa shape index (κ2) is 10.7. The Hall–Kier alpha value is -2.37. The van der Waals surface area contributed by atoms with Crippen LogP contribution in [0.15, 0.2) is 53.4 Å². The van der Waals surface area contributed by atoms with Gasteiger partial charge in [0.1, 0.15) is 5.75 Å². The number of nitrogens with zero attached hydrogens (tertiary/aromatic N) is 2. The van der Waals surface area contributed by atoms with Gasteiger partial charge < -0.3 is 20.7 Å². The number of carbonyl (C=O) groups excluding carboxylic acids is 2. The fourth-order valence-corrected chi connectivity index (χ4v) is 5.34. The minimum Gasteiger partial charge on any atom is -0.481 e. The van der Waals surface area contributed by atoms with Crippen molar-refractivity contribution in [1.82, 2.24) is 14.5 Å². The largest absolute Gasteiger partial charge is 0.481 e. The Morgan fingerprint density at radius 1 is 1.15 bits per heavy atom. The molecule has 1 aliphatic heterocycles. The van der Waals surface area contributed by atoms with Crippen LogP contribution in [0, 0.1) is 0 Å². The molecule has 2 unspecified atom stereocenters. The zero-order chi connectivity index (χ0) is 24.2. The summed E-state index contributed by atoms with van der Waals surface area (Å²) in [5.74, 6) is -0.720. The van der Waals surface area contributed by atoms with Crippen LogP contribution in [-0.4, -0.2) is 67.9 Å². The van der Waals surface area contributed by atoms with E-state index in [2.05, 4.69) is 5.32 Å². The van der Waals surface area contributed by atoms with Crippen LogP contribution in [0.25, 0.3) is 0 Å². The summed E-state index contributed by atoms with van der Waals surface area (Å²) in [7, 11) is -4.18. The molecule has 1 heterocycles.